The second kappa shape index (κ2) is 7.99. The summed E-state index contributed by atoms with van der Waals surface area (Å²) in [4.78, 5) is 29.7. The molecule has 0 aliphatic heterocycles. The van der Waals surface area contributed by atoms with Crippen molar-refractivity contribution in [3.8, 4) is 0 Å². The molecule has 27 heavy (non-hydrogen) atoms. The number of hydrogen-bond acceptors (Lipinski definition) is 6. The van der Waals surface area contributed by atoms with Crippen LogP contribution in [0.2, 0.25) is 0 Å². The molecule has 1 amide bonds. The molecule has 1 unspecified atom stereocenters. The highest BCUT2D eigenvalue weighted by Gasteiger charge is 2.25. The van der Waals surface area contributed by atoms with Crippen LogP contribution in [0, 0.1) is 13.8 Å². The zero-order chi connectivity index (χ0) is 19.4. The number of para-hydroxylation sites is 1. The van der Waals surface area contributed by atoms with Crippen molar-refractivity contribution in [1.29, 1.82) is 0 Å². The standard InChI is InChI=1S/C20H21N3O4/c1-4-7-17(19(24)22-18-11-13(3)27-23-18)26-20(25)15-10-12(2)21-16-9-6-5-8-14(15)16/h5-6,8-11,17H,4,7H2,1-3H3,(H,22,23,24). The summed E-state index contributed by atoms with van der Waals surface area (Å²) in [7, 11) is 0. The topological polar surface area (TPSA) is 94.3 Å². The Morgan fingerprint density at radius 3 is 2.70 bits per heavy atom. The lowest BCUT2D eigenvalue weighted by Gasteiger charge is -2.17. The lowest BCUT2D eigenvalue weighted by Crippen LogP contribution is -2.32. The number of amides is 1. The number of nitrogens with one attached hydrogen (secondary N) is 1. The molecule has 140 valence electrons. The van der Waals surface area contributed by atoms with Crippen LogP contribution in [0.5, 0.6) is 0 Å². The van der Waals surface area contributed by atoms with Crippen molar-refractivity contribution in [1.82, 2.24) is 10.1 Å². The van der Waals surface area contributed by atoms with E-state index in [2.05, 4.69) is 15.5 Å². The monoisotopic (exact) mass is 367 g/mol. The second-order valence-corrected chi connectivity index (χ2v) is 6.32. The van der Waals surface area contributed by atoms with Gasteiger partial charge >= 0.3 is 5.97 Å². The summed E-state index contributed by atoms with van der Waals surface area (Å²) in [5.74, 6) is -0.122. The third-order valence-corrected chi connectivity index (χ3v) is 4.04. The Bertz CT molecular complexity index is 980. The van der Waals surface area contributed by atoms with Crippen molar-refractivity contribution in [2.75, 3.05) is 5.32 Å². The number of ether oxygens (including phenoxy) is 1. The van der Waals surface area contributed by atoms with Gasteiger partial charge in [-0.2, -0.15) is 0 Å². The average molecular weight is 367 g/mol. The molecule has 0 saturated carbocycles. The summed E-state index contributed by atoms with van der Waals surface area (Å²) < 4.78 is 10.5. The molecule has 0 radical (unpaired) electrons. The molecule has 0 fully saturated rings. The van der Waals surface area contributed by atoms with Gasteiger partial charge < -0.3 is 14.6 Å². The van der Waals surface area contributed by atoms with Crippen LogP contribution in [-0.4, -0.2) is 28.1 Å². The smallest absolute Gasteiger partial charge is 0.339 e. The highest BCUT2D eigenvalue weighted by Crippen LogP contribution is 2.20. The SMILES string of the molecule is CCCC(OC(=O)c1cc(C)nc2ccccc12)C(=O)Nc1cc(C)on1. The van der Waals surface area contributed by atoms with Crippen LogP contribution in [0.4, 0.5) is 5.82 Å². The fraction of sp³-hybridized carbons (Fsp3) is 0.300. The molecule has 1 N–H and O–H groups in total. The number of hydrogen-bond donors (Lipinski definition) is 1. The van der Waals surface area contributed by atoms with Gasteiger partial charge in [0.1, 0.15) is 5.76 Å². The minimum absolute atomic E-state index is 0.292. The summed E-state index contributed by atoms with van der Waals surface area (Å²) in [6, 6.07) is 10.6. The third kappa shape index (κ3) is 4.31. The largest absolute Gasteiger partial charge is 0.449 e. The van der Waals surface area contributed by atoms with Gasteiger partial charge in [0.2, 0.25) is 0 Å². The highest BCUT2D eigenvalue weighted by atomic mass is 16.5. The molecule has 2 heterocycles. The molecule has 2 aromatic heterocycles. The van der Waals surface area contributed by atoms with E-state index in [1.165, 1.54) is 0 Å². The number of carbonyl (C=O) groups is 2. The average Bonchev–Trinajstić information content (AvgIpc) is 3.05. The quantitative estimate of drug-likeness (QED) is 0.666. The predicted octanol–water partition coefficient (Wildman–Crippen LogP) is 3.80. The van der Waals surface area contributed by atoms with E-state index in [9.17, 15) is 9.59 Å². The Balaban J connectivity index is 1.82. The van der Waals surface area contributed by atoms with E-state index in [4.69, 9.17) is 9.26 Å². The zero-order valence-electron chi connectivity index (χ0n) is 15.5. The van der Waals surface area contributed by atoms with Gasteiger partial charge in [-0.05, 0) is 32.4 Å². The summed E-state index contributed by atoms with van der Waals surface area (Å²) in [5, 5.41) is 7.04. The van der Waals surface area contributed by atoms with Gasteiger partial charge in [-0.3, -0.25) is 9.78 Å². The van der Waals surface area contributed by atoms with Crippen LogP contribution >= 0.6 is 0 Å². The van der Waals surface area contributed by atoms with Crippen molar-refractivity contribution in [2.45, 2.75) is 39.7 Å². The molecule has 3 aromatic rings. The van der Waals surface area contributed by atoms with E-state index in [1.54, 1.807) is 19.1 Å². The molecular formula is C20H21N3O4. The normalized spacial score (nSPS) is 12.0. The highest BCUT2D eigenvalue weighted by molar-refractivity contribution is 6.05. The predicted molar refractivity (Wildman–Crippen MR) is 100 cm³/mol. The maximum atomic E-state index is 12.8. The lowest BCUT2D eigenvalue weighted by atomic mass is 10.1. The van der Waals surface area contributed by atoms with E-state index >= 15 is 0 Å². The van der Waals surface area contributed by atoms with E-state index in [0.717, 1.165) is 0 Å². The summed E-state index contributed by atoms with van der Waals surface area (Å²) in [6.07, 6.45) is 0.155. The summed E-state index contributed by atoms with van der Waals surface area (Å²) in [5.41, 5.74) is 1.80. The first kappa shape index (κ1) is 18.6. The van der Waals surface area contributed by atoms with Gasteiger partial charge in [0, 0.05) is 17.1 Å². The Kier molecular flexibility index (Phi) is 5.49. The van der Waals surface area contributed by atoms with Crippen LogP contribution in [0.25, 0.3) is 10.9 Å². The maximum Gasteiger partial charge on any atom is 0.339 e. The number of fused-ring (bicyclic) bond motifs is 1. The van der Waals surface area contributed by atoms with Crippen molar-refractivity contribution >= 4 is 28.6 Å². The van der Waals surface area contributed by atoms with E-state index < -0.39 is 18.0 Å². The molecular weight excluding hydrogens is 346 g/mol. The number of aryl methyl sites for hydroxylation is 2. The number of nitrogens with zero attached hydrogens (tertiary/aromatic N) is 2. The molecule has 3 rings (SSSR count). The van der Waals surface area contributed by atoms with Gasteiger partial charge in [0.25, 0.3) is 5.91 Å². The first-order valence-corrected chi connectivity index (χ1v) is 8.79. The first-order chi connectivity index (χ1) is 13.0. The Morgan fingerprint density at radius 2 is 2.00 bits per heavy atom. The Hall–Kier alpha value is -3.22. The van der Waals surface area contributed by atoms with Gasteiger partial charge in [-0.1, -0.05) is 36.7 Å². The van der Waals surface area contributed by atoms with Crippen LogP contribution in [-0.2, 0) is 9.53 Å². The molecule has 0 aliphatic carbocycles. The number of aromatic nitrogens is 2. The number of pyridine rings is 1. The third-order valence-electron chi connectivity index (χ3n) is 4.04. The molecule has 0 spiro atoms. The number of rotatable bonds is 6. The minimum Gasteiger partial charge on any atom is -0.449 e. The molecule has 0 saturated heterocycles. The van der Waals surface area contributed by atoms with Gasteiger partial charge in [0.15, 0.2) is 11.9 Å². The number of anilines is 1. The van der Waals surface area contributed by atoms with Crippen LogP contribution in [0.3, 0.4) is 0 Å². The Labute approximate surface area is 156 Å². The van der Waals surface area contributed by atoms with E-state index in [1.807, 2.05) is 38.1 Å². The zero-order valence-corrected chi connectivity index (χ0v) is 15.5. The molecule has 0 bridgehead atoms. The van der Waals surface area contributed by atoms with Gasteiger partial charge in [-0.25, -0.2) is 4.79 Å². The lowest BCUT2D eigenvalue weighted by molar-refractivity contribution is -0.125. The van der Waals surface area contributed by atoms with Gasteiger partial charge in [0.05, 0.1) is 11.1 Å². The number of benzene rings is 1. The fourth-order valence-electron chi connectivity index (χ4n) is 2.81. The minimum atomic E-state index is -0.924. The van der Waals surface area contributed by atoms with Gasteiger partial charge in [-0.15, -0.1) is 0 Å². The van der Waals surface area contributed by atoms with Crippen molar-refractivity contribution < 1.29 is 18.8 Å². The number of esters is 1. The van der Waals surface area contributed by atoms with E-state index in [0.29, 0.717) is 46.6 Å². The van der Waals surface area contributed by atoms with Crippen molar-refractivity contribution in [3.63, 3.8) is 0 Å². The Morgan fingerprint density at radius 1 is 1.22 bits per heavy atom. The first-order valence-electron chi connectivity index (χ1n) is 8.79. The summed E-state index contributed by atoms with van der Waals surface area (Å²) >= 11 is 0. The molecule has 7 heteroatoms. The van der Waals surface area contributed by atoms with Crippen LogP contribution in [0.15, 0.2) is 40.9 Å². The fourth-order valence-corrected chi connectivity index (χ4v) is 2.81. The van der Waals surface area contributed by atoms with Crippen molar-refractivity contribution in [2.24, 2.45) is 0 Å². The molecule has 1 aromatic carbocycles. The van der Waals surface area contributed by atoms with Crippen molar-refractivity contribution in [3.05, 3.63) is 53.4 Å². The second-order valence-electron chi connectivity index (χ2n) is 6.32. The van der Waals surface area contributed by atoms with Crippen LogP contribution in [0.1, 0.15) is 41.6 Å². The number of carbonyl (C=O) groups excluding carboxylic acids is 2. The molecule has 0 aliphatic rings. The maximum absolute atomic E-state index is 12.8. The molecule has 7 nitrogen and oxygen atoms in total. The molecule has 1 atom stereocenters. The van der Waals surface area contributed by atoms with E-state index in [-0.39, 0.29) is 0 Å². The summed E-state index contributed by atoms with van der Waals surface area (Å²) in [6.45, 7) is 5.45. The van der Waals surface area contributed by atoms with Crippen LogP contribution < -0.4 is 5.32 Å².